The van der Waals surface area contributed by atoms with Gasteiger partial charge in [0.25, 0.3) is 0 Å². The number of aliphatic carboxylic acids is 1. The molecule has 0 aliphatic carbocycles. The number of ether oxygens (including phenoxy) is 2. The number of halogens is 1. The zero-order valence-corrected chi connectivity index (χ0v) is 19.1. The van der Waals surface area contributed by atoms with Crippen LogP contribution < -0.4 is 0 Å². The molecule has 32 heavy (non-hydrogen) atoms. The summed E-state index contributed by atoms with van der Waals surface area (Å²) in [5, 5.41) is 11.3. The van der Waals surface area contributed by atoms with Crippen molar-refractivity contribution >= 4 is 34.4 Å². The van der Waals surface area contributed by atoms with Crippen LogP contribution >= 0.6 is 11.6 Å². The highest BCUT2D eigenvalue weighted by atomic mass is 35.5. The molecule has 168 valence electrons. The summed E-state index contributed by atoms with van der Waals surface area (Å²) in [7, 11) is 0. The Kier molecular flexibility index (Phi) is 7.83. The fourth-order valence-electron chi connectivity index (χ4n) is 3.63. The predicted molar refractivity (Wildman–Crippen MR) is 124 cm³/mol. The van der Waals surface area contributed by atoms with Crippen molar-refractivity contribution in [3.05, 3.63) is 64.3 Å². The third kappa shape index (κ3) is 5.09. The van der Waals surface area contributed by atoms with Crippen LogP contribution in [-0.4, -0.2) is 35.2 Å². The molecule has 7 heteroatoms. The van der Waals surface area contributed by atoms with Crippen LogP contribution in [0.25, 0.3) is 22.0 Å². The fourth-order valence-corrected chi connectivity index (χ4v) is 3.76. The molecule has 0 aliphatic heterocycles. The van der Waals surface area contributed by atoms with Gasteiger partial charge in [-0.05, 0) is 67.3 Å². The van der Waals surface area contributed by atoms with Crippen LogP contribution in [0.4, 0.5) is 0 Å². The maximum atomic E-state index is 12.2. The summed E-state index contributed by atoms with van der Waals surface area (Å²) < 4.78 is 10.9. The molecule has 0 amide bonds. The van der Waals surface area contributed by atoms with Crippen molar-refractivity contribution in [3.8, 4) is 11.1 Å². The first-order valence-corrected chi connectivity index (χ1v) is 11.0. The van der Waals surface area contributed by atoms with Gasteiger partial charge >= 0.3 is 11.9 Å². The first-order valence-electron chi connectivity index (χ1n) is 10.6. The number of carboxylic acid groups (broad SMARTS) is 1. The van der Waals surface area contributed by atoms with Gasteiger partial charge in [-0.3, -0.25) is 0 Å². The zero-order chi connectivity index (χ0) is 23.3. The van der Waals surface area contributed by atoms with Crippen LogP contribution in [-0.2, 0) is 14.3 Å². The highest BCUT2D eigenvalue weighted by Crippen LogP contribution is 2.39. The van der Waals surface area contributed by atoms with E-state index in [4.69, 9.17) is 21.1 Å². The average molecular weight is 456 g/mol. The van der Waals surface area contributed by atoms with E-state index in [1.54, 1.807) is 37.3 Å². The Morgan fingerprint density at radius 2 is 1.84 bits per heavy atom. The predicted octanol–water partition coefficient (Wildman–Crippen LogP) is 5.98. The standard InChI is InChI=1S/C25H26ClNO5/c1-4-6-13-32-23(24(28)29)21-15(3)14-20-18(11-12-19(27-20)25(30)31-5-2)22(21)16-7-9-17(26)10-8-16/h7-12,14,23H,4-6,13H2,1-3H3,(H,28,29). The summed E-state index contributed by atoms with van der Waals surface area (Å²) in [5.41, 5.74) is 3.52. The highest BCUT2D eigenvalue weighted by Gasteiger charge is 2.28. The number of carboxylic acids is 1. The van der Waals surface area contributed by atoms with E-state index in [9.17, 15) is 14.7 Å². The molecular formula is C25H26ClNO5. The van der Waals surface area contributed by atoms with Gasteiger partial charge in [-0.15, -0.1) is 0 Å². The van der Waals surface area contributed by atoms with E-state index in [1.165, 1.54) is 0 Å². The maximum Gasteiger partial charge on any atom is 0.356 e. The van der Waals surface area contributed by atoms with E-state index in [1.807, 2.05) is 26.0 Å². The van der Waals surface area contributed by atoms with E-state index >= 15 is 0 Å². The average Bonchev–Trinajstić information content (AvgIpc) is 2.76. The molecule has 1 unspecified atom stereocenters. The lowest BCUT2D eigenvalue weighted by Crippen LogP contribution is -2.18. The minimum atomic E-state index is -1.14. The van der Waals surface area contributed by atoms with Gasteiger partial charge in [0.2, 0.25) is 0 Å². The second-order valence-corrected chi connectivity index (χ2v) is 7.85. The molecule has 3 aromatic rings. The van der Waals surface area contributed by atoms with Gasteiger partial charge < -0.3 is 14.6 Å². The fraction of sp³-hybridized carbons (Fsp3) is 0.320. The van der Waals surface area contributed by atoms with Gasteiger partial charge in [0.05, 0.1) is 12.1 Å². The number of fused-ring (bicyclic) bond motifs is 1. The number of benzene rings is 2. The van der Waals surface area contributed by atoms with Gasteiger partial charge in [-0.25, -0.2) is 14.6 Å². The van der Waals surface area contributed by atoms with Crippen molar-refractivity contribution in [1.82, 2.24) is 4.98 Å². The molecule has 1 aromatic heterocycles. The number of hydrogen-bond acceptors (Lipinski definition) is 5. The summed E-state index contributed by atoms with van der Waals surface area (Å²) in [6.45, 7) is 6.17. The van der Waals surface area contributed by atoms with Gasteiger partial charge in [0.1, 0.15) is 5.69 Å². The molecule has 0 saturated carbocycles. The summed E-state index contributed by atoms with van der Waals surface area (Å²) in [5.74, 6) is -1.56. The molecule has 2 aromatic carbocycles. The molecule has 0 aliphatic rings. The number of carbonyl (C=O) groups is 2. The van der Waals surface area contributed by atoms with E-state index in [-0.39, 0.29) is 12.3 Å². The number of rotatable bonds is 9. The molecule has 0 saturated heterocycles. The molecule has 0 spiro atoms. The zero-order valence-electron chi connectivity index (χ0n) is 18.4. The summed E-state index contributed by atoms with van der Waals surface area (Å²) >= 11 is 6.09. The molecule has 3 rings (SSSR count). The summed E-state index contributed by atoms with van der Waals surface area (Å²) in [6, 6.07) is 12.3. The summed E-state index contributed by atoms with van der Waals surface area (Å²) in [4.78, 5) is 28.9. The molecule has 1 heterocycles. The Hall–Kier alpha value is -2.96. The number of esters is 1. The molecule has 0 bridgehead atoms. The lowest BCUT2D eigenvalue weighted by molar-refractivity contribution is -0.151. The number of unbranched alkanes of at least 4 members (excludes halogenated alkanes) is 1. The topological polar surface area (TPSA) is 85.7 Å². The minimum absolute atomic E-state index is 0.197. The Labute approximate surface area is 192 Å². The molecule has 1 atom stereocenters. The third-order valence-corrected chi connectivity index (χ3v) is 5.38. The minimum Gasteiger partial charge on any atom is -0.479 e. The quantitative estimate of drug-likeness (QED) is 0.315. The Bertz CT molecular complexity index is 1130. The molecule has 6 nitrogen and oxygen atoms in total. The Morgan fingerprint density at radius 3 is 2.47 bits per heavy atom. The van der Waals surface area contributed by atoms with Gasteiger partial charge in [-0.1, -0.05) is 37.1 Å². The van der Waals surface area contributed by atoms with Crippen LogP contribution in [0, 0.1) is 6.92 Å². The van der Waals surface area contributed by atoms with E-state index in [0.717, 1.165) is 18.4 Å². The van der Waals surface area contributed by atoms with Crippen molar-refractivity contribution in [2.24, 2.45) is 0 Å². The lowest BCUT2D eigenvalue weighted by Gasteiger charge is -2.22. The Balaban J connectivity index is 2.27. The van der Waals surface area contributed by atoms with E-state index in [2.05, 4.69) is 4.98 Å². The van der Waals surface area contributed by atoms with E-state index in [0.29, 0.717) is 39.2 Å². The van der Waals surface area contributed by atoms with Crippen molar-refractivity contribution in [2.45, 2.75) is 39.7 Å². The molecule has 0 radical (unpaired) electrons. The largest absolute Gasteiger partial charge is 0.479 e. The van der Waals surface area contributed by atoms with Crippen molar-refractivity contribution in [1.29, 1.82) is 0 Å². The first kappa shape index (κ1) is 23.7. The lowest BCUT2D eigenvalue weighted by atomic mass is 9.88. The van der Waals surface area contributed by atoms with Gasteiger partial charge in [-0.2, -0.15) is 0 Å². The summed E-state index contributed by atoms with van der Waals surface area (Å²) in [6.07, 6.45) is 0.520. The number of pyridine rings is 1. The van der Waals surface area contributed by atoms with Crippen molar-refractivity contribution in [2.75, 3.05) is 13.2 Å². The smallest absolute Gasteiger partial charge is 0.356 e. The van der Waals surface area contributed by atoms with Crippen molar-refractivity contribution < 1.29 is 24.2 Å². The number of hydrogen-bond donors (Lipinski definition) is 1. The van der Waals surface area contributed by atoms with Crippen LogP contribution in [0.5, 0.6) is 0 Å². The van der Waals surface area contributed by atoms with Crippen molar-refractivity contribution in [3.63, 3.8) is 0 Å². The normalized spacial score (nSPS) is 12.0. The molecular weight excluding hydrogens is 430 g/mol. The second-order valence-electron chi connectivity index (χ2n) is 7.42. The van der Waals surface area contributed by atoms with E-state index < -0.39 is 18.0 Å². The van der Waals surface area contributed by atoms with Gasteiger partial charge in [0.15, 0.2) is 6.10 Å². The molecule has 1 N–H and O–H groups in total. The van der Waals surface area contributed by atoms with Crippen LogP contribution in [0.2, 0.25) is 5.02 Å². The van der Waals surface area contributed by atoms with Crippen LogP contribution in [0.3, 0.4) is 0 Å². The Morgan fingerprint density at radius 1 is 1.12 bits per heavy atom. The first-order chi connectivity index (χ1) is 15.4. The number of carbonyl (C=O) groups excluding carboxylic acids is 1. The SMILES string of the molecule is CCCCOC(C(=O)O)c1c(C)cc2nc(C(=O)OCC)ccc2c1-c1ccc(Cl)cc1. The third-order valence-electron chi connectivity index (χ3n) is 5.13. The monoisotopic (exact) mass is 455 g/mol. The number of aromatic nitrogens is 1. The number of aryl methyl sites for hydroxylation is 1. The van der Waals surface area contributed by atoms with Crippen LogP contribution in [0.15, 0.2) is 42.5 Å². The number of nitrogens with zero attached hydrogens (tertiary/aromatic N) is 1. The molecule has 0 fully saturated rings. The second kappa shape index (κ2) is 10.6. The maximum absolute atomic E-state index is 12.2. The highest BCUT2D eigenvalue weighted by molar-refractivity contribution is 6.30. The van der Waals surface area contributed by atoms with Gasteiger partial charge in [0, 0.05) is 22.6 Å². The van der Waals surface area contributed by atoms with Crippen LogP contribution in [0.1, 0.15) is 54.4 Å².